The number of carbonyl (C=O) groups excluding carboxylic acids is 1. The van der Waals surface area contributed by atoms with Gasteiger partial charge in [-0.1, -0.05) is 0 Å². The van der Waals surface area contributed by atoms with Crippen molar-refractivity contribution >= 4 is 17.3 Å². The van der Waals surface area contributed by atoms with Gasteiger partial charge in [-0.3, -0.25) is 4.79 Å². The van der Waals surface area contributed by atoms with Crippen LogP contribution in [-0.4, -0.2) is 16.9 Å². The minimum Gasteiger partial charge on any atom is -0.381 e. The fourth-order valence-electron chi connectivity index (χ4n) is 1.90. The summed E-state index contributed by atoms with van der Waals surface area (Å²) >= 11 is 0. The summed E-state index contributed by atoms with van der Waals surface area (Å²) in [6, 6.07) is 12.9. The van der Waals surface area contributed by atoms with Crippen LogP contribution >= 0.6 is 0 Å². The van der Waals surface area contributed by atoms with Gasteiger partial charge in [0.25, 0.3) is 5.91 Å². The maximum absolute atomic E-state index is 12.1. The third-order valence-electron chi connectivity index (χ3n) is 3.22. The van der Waals surface area contributed by atoms with E-state index in [1.54, 1.807) is 36.5 Å². The maximum atomic E-state index is 12.1. The van der Waals surface area contributed by atoms with E-state index in [2.05, 4.69) is 15.6 Å². The molecule has 3 rings (SSSR count). The average molecular weight is 278 g/mol. The van der Waals surface area contributed by atoms with Crippen molar-refractivity contribution in [1.29, 1.82) is 5.26 Å². The van der Waals surface area contributed by atoms with Gasteiger partial charge in [-0.15, -0.1) is 0 Å². The molecule has 1 fully saturated rings. The zero-order valence-electron chi connectivity index (χ0n) is 11.3. The minimum atomic E-state index is -0.266. The zero-order valence-corrected chi connectivity index (χ0v) is 11.3. The molecule has 104 valence electrons. The number of aromatic nitrogens is 1. The van der Waals surface area contributed by atoms with E-state index < -0.39 is 0 Å². The van der Waals surface area contributed by atoms with Crippen LogP contribution in [-0.2, 0) is 0 Å². The first-order chi connectivity index (χ1) is 10.2. The lowest BCUT2D eigenvalue weighted by atomic mass is 10.2. The van der Waals surface area contributed by atoms with Crippen molar-refractivity contribution < 1.29 is 4.79 Å². The number of hydrogen-bond acceptors (Lipinski definition) is 4. The molecule has 1 heterocycles. The van der Waals surface area contributed by atoms with Gasteiger partial charge >= 0.3 is 0 Å². The van der Waals surface area contributed by atoms with Crippen LogP contribution in [0.4, 0.5) is 11.4 Å². The molecule has 0 bridgehead atoms. The lowest BCUT2D eigenvalue weighted by Gasteiger charge is -2.06. The molecule has 0 unspecified atom stereocenters. The fourth-order valence-corrected chi connectivity index (χ4v) is 1.90. The van der Waals surface area contributed by atoms with Gasteiger partial charge in [-0.25, -0.2) is 4.98 Å². The van der Waals surface area contributed by atoms with Crippen molar-refractivity contribution in [1.82, 2.24) is 4.98 Å². The second-order valence-corrected chi connectivity index (χ2v) is 4.99. The third kappa shape index (κ3) is 3.37. The van der Waals surface area contributed by atoms with Crippen molar-refractivity contribution in [3.63, 3.8) is 0 Å². The van der Waals surface area contributed by atoms with Crippen LogP contribution in [0.3, 0.4) is 0 Å². The van der Waals surface area contributed by atoms with E-state index in [0.717, 1.165) is 5.69 Å². The van der Waals surface area contributed by atoms with Crippen molar-refractivity contribution in [2.24, 2.45) is 0 Å². The first-order valence-corrected chi connectivity index (χ1v) is 6.79. The molecule has 0 radical (unpaired) electrons. The second kappa shape index (κ2) is 5.63. The number of rotatable bonds is 4. The Hall–Kier alpha value is -2.87. The Kier molecular flexibility index (Phi) is 3.52. The molecular weight excluding hydrogens is 264 g/mol. The molecule has 1 aromatic carbocycles. The van der Waals surface area contributed by atoms with Crippen LogP contribution < -0.4 is 10.6 Å². The predicted molar refractivity (Wildman–Crippen MR) is 80.0 cm³/mol. The van der Waals surface area contributed by atoms with E-state index >= 15 is 0 Å². The molecule has 0 spiro atoms. The summed E-state index contributed by atoms with van der Waals surface area (Å²) in [5.74, 6) is -0.266. The van der Waals surface area contributed by atoms with E-state index in [4.69, 9.17) is 5.26 Å². The molecule has 2 N–H and O–H groups in total. The lowest BCUT2D eigenvalue weighted by molar-refractivity contribution is 0.102. The van der Waals surface area contributed by atoms with E-state index in [9.17, 15) is 4.79 Å². The summed E-state index contributed by atoms with van der Waals surface area (Å²) in [6.07, 6.45) is 4.06. The molecule has 1 amide bonds. The summed E-state index contributed by atoms with van der Waals surface area (Å²) in [5.41, 5.74) is 2.50. The van der Waals surface area contributed by atoms with Crippen molar-refractivity contribution in [2.45, 2.75) is 18.9 Å². The number of carbonyl (C=O) groups is 1. The summed E-state index contributed by atoms with van der Waals surface area (Å²) in [7, 11) is 0. The van der Waals surface area contributed by atoms with Crippen LogP contribution in [0.1, 0.15) is 28.9 Å². The van der Waals surface area contributed by atoms with Crippen LogP contribution in [0.5, 0.6) is 0 Å². The summed E-state index contributed by atoms with van der Waals surface area (Å²) < 4.78 is 0. The van der Waals surface area contributed by atoms with Gasteiger partial charge in [-0.05, 0) is 49.2 Å². The number of nitriles is 1. The summed E-state index contributed by atoms with van der Waals surface area (Å²) in [6.45, 7) is 0. The number of benzene rings is 1. The van der Waals surface area contributed by atoms with Gasteiger partial charge in [0.15, 0.2) is 0 Å². The highest BCUT2D eigenvalue weighted by Crippen LogP contribution is 2.24. The smallest absolute Gasteiger partial charge is 0.274 e. The Morgan fingerprint density at radius 1 is 1.14 bits per heavy atom. The standard InChI is InChI=1S/C16H14N4O/c17-9-11-1-3-13(4-2-11)20-16(21)15-8-7-14(10-18-15)19-12-5-6-12/h1-4,7-8,10,12,19H,5-6H2,(H,20,21). The third-order valence-corrected chi connectivity index (χ3v) is 3.22. The number of nitrogens with one attached hydrogen (secondary N) is 2. The van der Waals surface area contributed by atoms with Crippen LogP contribution in [0.2, 0.25) is 0 Å². The molecule has 5 heteroatoms. The molecule has 0 atom stereocenters. The number of amides is 1. The topological polar surface area (TPSA) is 77.8 Å². The number of hydrogen-bond donors (Lipinski definition) is 2. The maximum Gasteiger partial charge on any atom is 0.274 e. The number of pyridine rings is 1. The van der Waals surface area contributed by atoms with Crippen LogP contribution in [0.25, 0.3) is 0 Å². The van der Waals surface area contributed by atoms with Crippen LogP contribution in [0.15, 0.2) is 42.6 Å². The summed E-state index contributed by atoms with van der Waals surface area (Å²) in [4.78, 5) is 16.2. The molecule has 1 aliphatic rings. The van der Waals surface area contributed by atoms with E-state index in [0.29, 0.717) is 23.0 Å². The molecule has 1 aromatic heterocycles. The normalized spacial score (nSPS) is 13.3. The molecule has 0 aliphatic heterocycles. The quantitative estimate of drug-likeness (QED) is 0.901. The van der Waals surface area contributed by atoms with Gasteiger partial charge in [0.05, 0.1) is 23.5 Å². The van der Waals surface area contributed by atoms with Crippen molar-refractivity contribution in [2.75, 3.05) is 10.6 Å². The molecule has 2 aromatic rings. The van der Waals surface area contributed by atoms with Gasteiger partial charge in [0.1, 0.15) is 5.69 Å². The SMILES string of the molecule is N#Cc1ccc(NC(=O)c2ccc(NC3CC3)cn2)cc1. The van der Waals surface area contributed by atoms with Gasteiger partial charge < -0.3 is 10.6 Å². The predicted octanol–water partition coefficient (Wildman–Crippen LogP) is 2.78. The lowest BCUT2D eigenvalue weighted by Crippen LogP contribution is -2.13. The van der Waals surface area contributed by atoms with E-state index in [-0.39, 0.29) is 5.91 Å². The number of nitrogens with zero attached hydrogens (tertiary/aromatic N) is 2. The monoisotopic (exact) mass is 278 g/mol. The zero-order chi connectivity index (χ0) is 14.7. The fraction of sp³-hybridized carbons (Fsp3) is 0.188. The van der Waals surface area contributed by atoms with Crippen molar-refractivity contribution in [3.8, 4) is 6.07 Å². The Bertz CT molecular complexity index is 682. The molecular formula is C16H14N4O. The highest BCUT2D eigenvalue weighted by atomic mass is 16.1. The Morgan fingerprint density at radius 3 is 2.43 bits per heavy atom. The molecule has 5 nitrogen and oxygen atoms in total. The highest BCUT2D eigenvalue weighted by molar-refractivity contribution is 6.02. The molecule has 21 heavy (non-hydrogen) atoms. The van der Waals surface area contributed by atoms with Gasteiger partial charge in [0.2, 0.25) is 0 Å². The summed E-state index contributed by atoms with van der Waals surface area (Å²) in [5, 5.41) is 14.8. The minimum absolute atomic E-state index is 0.266. The first kappa shape index (κ1) is 13.1. The number of anilines is 2. The Labute approximate surface area is 122 Å². The van der Waals surface area contributed by atoms with E-state index in [1.165, 1.54) is 12.8 Å². The average Bonchev–Trinajstić information content (AvgIpc) is 3.33. The Balaban J connectivity index is 1.64. The largest absolute Gasteiger partial charge is 0.381 e. The van der Waals surface area contributed by atoms with Crippen LogP contribution in [0, 0.1) is 11.3 Å². The van der Waals surface area contributed by atoms with Gasteiger partial charge in [0, 0.05) is 11.7 Å². The van der Waals surface area contributed by atoms with E-state index in [1.807, 2.05) is 12.1 Å². The second-order valence-electron chi connectivity index (χ2n) is 4.99. The van der Waals surface area contributed by atoms with Crippen molar-refractivity contribution in [3.05, 3.63) is 53.9 Å². The highest BCUT2D eigenvalue weighted by Gasteiger charge is 2.20. The molecule has 1 aliphatic carbocycles. The Morgan fingerprint density at radius 2 is 1.86 bits per heavy atom. The van der Waals surface area contributed by atoms with Gasteiger partial charge in [-0.2, -0.15) is 5.26 Å². The molecule has 0 saturated heterocycles. The first-order valence-electron chi connectivity index (χ1n) is 6.79. The molecule has 1 saturated carbocycles.